The average Bonchev–Trinajstić information content (AvgIpc) is 3.22. The molecular weight excluding hydrogens is 394 g/mol. The van der Waals surface area contributed by atoms with E-state index in [0.717, 1.165) is 17.5 Å². The van der Waals surface area contributed by atoms with Gasteiger partial charge in [-0.2, -0.15) is 4.98 Å². The Bertz CT molecular complexity index is 957. The summed E-state index contributed by atoms with van der Waals surface area (Å²) in [5.41, 5.74) is 1.86. The molecule has 0 radical (unpaired) electrons. The molecule has 0 saturated heterocycles. The number of halogens is 1. The smallest absolute Gasteiger partial charge is 0.227 e. The number of carbonyl (C=O) groups excluding carboxylic acids is 1. The predicted molar refractivity (Wildman–Crippen MR) is 109 cm³/mol. The van der Waals surface area contributed by atoms with Crippen LogP contribution in [0, 0.1) is 0 Å². The van der Waals surface area contributed by atoms with Gasteiger partial charge in [0.2, 0.25) is 17.6 Å². The van der Waals surface area contributed by atoms with E-state index in [1.165, 1.54) is 0 Å². The van der Waals surface area contributed by atoms with Crippen LogP contribution in [0.1, 0.15) is 17.9 Å². The van der Waals surface area contributed by atoms with E-state index in [4.69, 9.17) is 25.6 Å². The number of nitrogens with one attached hydrogen (secondary N) is 1. The van der Waals surface area contributed by atoms with Crippen LogP contribution in [0.5, 0.6) is 11.5 Å². The van der Waals surface area contributed by atoms with Gasteiger partial charge in [0.25, 0.3) is 0 Å². The van der Waals surface area contributed by atoms with Crippen LogP contribution in [-0.2, 0) is 17.6 Å². The number of benzene rings is 2. The third kappa shape index (κ3) is 5.71. The Hall–Kier alpha value is -3.06. The summed E-state index contributed by atoms with van der Waals surface area (Å²) >= 11 is 5.86. The highest BCUT2D eigenvalue weighted by Gasteiger charge is 2.13. The van der Waals surface area contributed by atoms with Crippen molar-refractivity contribution in [2.75, 3.05) is 20.8 Å². The molecule has 0 aliphatic rings. The largest absolute Gasteiger partial charge is 0.493 e. The standard InChI is InChI=1S/C21H22ClN3O4/c1-27-17-8-5-15(13-18(17)28-2)21-24-20(29-25-21)10-9-19(26)23-12-11-14-3-6-16(22)7-4-14/h3-8,13H,9-12H2,1-2H3,(H,23,26). The zero-order valence-corrected chi connectivity index (χ0v) is 17.0. The molecule has 152 valence electrons. The van der Waals surface area contributed by atoms with Gasteiger partial charge in [-0.3, -0.25) is 4.79 Å². The fraction of sp³-hybridized carbons (Fsp3) is 0.286. The Morgan fingerprint density at radius 1 is 1.07 bits per heavy atom. The molecule has 1 amide bonds. The van der Waals surface area contributed by atoms with Gasteiger partial charge in [-0.1, -0.05) is 28.9 Å². The van der Waals surface area contributed by atoms with Gasteiger partial charge in [0.05, 0.1) is 14.2 Å². The van der Waals surface area contributed by atoms with Crippen LogP contribution in [0.25, 0.3) is 11.4 Å². The van der Waals surface area contributed by atoms with Gasteiger partial charge in [0, 0.05) is 30.0 Å². The fourth-order valence-corrected chi connectivity index (χ4v) is 2.88. The van der Waals surface area contributed by atoms with Crippen molar-refractivity contribution in [1.82, 2.24) is 15.5 Å². The quantitative estimate of drug-likeness (QED) is 0.573. The SMILES string of the molecule is COc1ccc(-c2noc(CCC(=O)NCCc3ccc(Cl)cc3)n2)cc1OC. The number of carbonyl (C=O) groups is 1. The van der Waals surface area contributed by atoms with Crippen LogP contribution in [0.3, 0.4) is 0 Å². The van der Waals surface area contributed by atoms with E-state index >= 15 is 0 Å². The van der Waals surface area contributed by atoms with Crippen LogP contribution in [-0.4, -0.2) is 36.8 Å². The van der Waals surface area contributed by atoms with Crippen molar-refractivity contribution >= 4 is 17.5 Å². The molecule has 29 heavy (non-hydrogen) atoms. The summed E-state index contributed by atoms with van der Waals surface area (Å²) in [5.74, 6) is 1.98. The zero-order chi connectivity index (χ0) is 20.6. The number of ether oxygens (including phenoxy) is 2. The molecule has 8 heteroatoms. The van der Waals surface area contributed by atoms with Crippen molar-refractivity contribution in [3.05, 3.63) is 58.9 Å². The van der Waals surface area contributed by atoms with Gasteiger partial charge in [-0.25, -0.2) is 0 Å². The number of methoxy groups -OCH3 is 2. The minimum absolute atomic E-state index is 0.0650. The number of hydrogen-bond donors (Lipinski definition) is 1. The highest BCUT2D eigenvalue weighted by molar-refractivity contribution is 6.30. The van der Waals surface area contributed by atoms with E-state index in [0.29, 0.717) is 41.2 Å². The van der Waals surface area contributed by atoms with E-state index in [2.05, 4.69) is 15.5 Å². The fourth-order valence-electron chi connectivity index (χ4n) is 2.76. The van der Waals surface area contributed by atoms with Crippen molar-refractivity contribution in [2.24, 2.45) is 0 Å². The molecule has 0 fully saturated rings. The molecule has 1 N–H and O–H groups in total. The summed E-state index contributed by atoms with van der Waals surface area (Å²) in [5, 5.41) is 7.57. The first-order valence-corrected chi connectivity index (χ1v) is 9.53. The van der Waals surface area contributed by atoms with Gasteiger partial charge in [0.1, 0.15) is 0 Å². The van der Waals surface area contributed by atoms with Gasteiger partial charge in [-0.05, 0) is 42.3 Å². The number of aryl methyl sites for hydroxylation is 1. The summed E-state index contributed by atoms with van der Waals surface area (Å²) < 4.78 is 15.8. The number of nitrogens with zero attached hydrogens (tertiary/aromatic N) is 2. The first-order valence-electron chi connectivity index (χ1n) is 9.15. The van der Waals surface area contributed by atoms with Crippen LogP contribution in [0.2, 0.25) is 5.02 Å². The van der Waals surface area contributed by atoms with Crippen LogP contribution < -0.4 is 14.8 Å². The van der Waals surface area contributed by atoms with E-state index in [1.807, 2.05) is 30.3 Å². The third-order valence-electron chi connectivity index (χ3n) is 4.32. The summed E-state index contributed by atoms with van der Waals surface area (Å²) in [6.45, 7) is 0.557. The van der Waals surface area contributed by atoms with Crippen molar-refractivity contribution in [3.8, 4) is 22.9 Å². The number of amides is 1. The lowest BCUT2D eigenvalue weighted by Crippen LogP contribution is -2.25. The normalized spacial score (nSPS) is 10.6. The first-order chi connectivity index (χ1) is 14.1. The molecule has 1 aromatic heterocycles. The molecule has 0 atom stereocenters. The minimum atomic E-state index is -0.0650. The van der Waals surface area contributed by atoms with E-state index in [1.54, 1.807) is 26.4 Å². The van der Waals surface area contributed by atoms with Crippen LogP contribution in [0.4, 0.5) is 0 Å². The molecule has 0 aliphatic heterocycles. The second-order valence-electron chi connectivity index (χ2n) is 6.31. The summed E-state index contributed by atoms with van der Waals surface area (Å²) in [6, 6.07) is 12.9. The summed E-state index contributed by atoms with van der Waals surface area (Å²) in [7, 11) is 3.14. The van der Waals surface area contributed by atoms with Gasteiger partial charge < -0.3 is 19.3 Å². The highest BCUT2D eigenvalue weighted by Crippen LogP contribution is 2.31. The molecule has 3 aromatic rings. The topological polar surface area (TPSA) is 86.5 Å². The van der Waals surface area contributed by atoms with Crippen molar-refractivity contribution in [1.29, 1.82) is 0 Å². The minimum Gasteiger partial charge on any atom is -0.493 e. The lowest BCUT2D eigenvalue weighted by atomic mass is 10.1. The van der Waals surface area contributed by atoms with E-state index < -0.39 is 0 Å². The monoisotopic (exact) mass is 415 g/mol. The predicted octanol–water partition coefficient (Wildman–Crippen LogP) is 3.70. The number of hydrogen-bond acceptors (Lipinski definition) is 6. The van der Waals surface area contributed by atoms with Gasteiger partial charge >= 0.3 is 0 Å². The summed E-state index contributed by atoms with van der Waals surface area (Å²) in [4.78, 5) is 16.4. The molecule has 7 nitrogen and oxygen atoms in total. The molecule has 1 heterocycles. The first kappa shape index (κ1) is 20.7. The molecular formula is C21H22ClN3O4. The van der Waals surface area contributed by atoms with Gasteiger partial charge in [0.15, 0.2) is 11.5 Å². The average molecular weight is 416 g/mol. The van der Waals surface area contributed by atoms with E-state index in [-0.39, 0.29) is 12.3 Å². The lowest BCUT2D eigenvalue weighted by Gasteiger charge is -2.07. The molecule has 0 bridgehead atoms. The molecule has 0 unspecified atom stereocenters. The second kappa shape index (κ2) is 9.93. The second-order valence-corrected chi connectivity index (χ2v) is 6.74. The number of rotatable bonds is 9. The van der Waals surface area contributed by atoms with Crippen molar-refractivity contribution in [3.63, 3.8) is 0 Å². The highest BCUT2D eigenvalue weighted by atomic mass is 35.5. The number of aromatic nitrogens is 2. The Morgan fingerprint density at radius 2 is 1.83 bits per heavy atom. The maximum Gasteiger partial charge on any atom is 0.227 e. The van der Waals surface area contributed by atoms with Crippen molar-refractivity contribution < 1.29 is 18.8 Å². The van der Waals surface area contributed by atoms with Crippen LogP contribution >= 0.6 is 11.6 Å². The molecule has 3 rings (SSSR count). The Kier molecular flexibility index (Phi) is 7.08. The Labute approximate surface area is 174 Å². The molecule has 0 spiro atoms. The lowest BCUT2D eigenvalue weighted by molar-refractivity contribution is -0.121. The molecule has 0 aliphatic carbocycles. The maximum absolute atomic E-state index is 12.0. The van der Waals surface area contributed by atoms with Crippen LogP contribution in [0.15, 0.2) is 47.0 Å². The third-order valence-corrected chi connectivity index (χ3v) is 4.58. The zero-order valence-electron chi connectivity index (χ0n) is 16.3. The maximum atomic E-state index is 12.0. The summed E-state index contributed by atoms with van der Waals surface area (Å²) in [6.07, 6.45) is 1.38. The molecule has 0 saturated carbocycles. The van der Waals surface area contributed by atoms with Crippen molar-refractivity contribution in [2.45, 2.75) is 19.3 Å². The Morgan fingerprint density at radius 3 is 2.55 bits per heavy atom. The molecule has 2 aromatic carbocycles. The Balaban J connectivity index is 1.48. The van der Waals surface area contributed by atoms with E-state index in [9.17, 15) is 4.79 Å². The van der Waals surface area contributed by atoms with Gasteiger partial charge in [-0.15, -0.1) is 0 Å².